The summed E-state index contributed by atoms with van der Waals surface area (Å²) < 4.78 is 5.07. The Kier molecular flexibility index (Phi) is 8.43. The van der Waals surface area contributed by atoms with Crippen molar-refractivity contribution >= 4 is 6.09 Å². The zero-order valence-electron chi connectivity index (χ0n) is 12.3. The topological polar surface area (TPSA) is 78.8 Å². The molecule has 0 aliphatic heterocycles. The molecule has 0 radical (unpaired) electrons. The first-order chi connectivity index (χ1) is 8.80. The lowest BCUT2D eigenvalue weighted by Gasteiger charge is -2.24. The van der Waals surface area contributed by atoms with E-state index in [4.69, 9.17) is 4.74 Å². The summed E-state index contributed by atoms with van der Waals surface area (Å²) in [5.74, 6) is 0. The number of aliphatic hydroxyl groups is 2. The van der Waals surface area contributed by atoms with E-state index in [0.29, 0.717) is 0 Å². The van der Waals surface area contributed by atoms with Crippen LogP contribution in [0, 0.1) is 0 Å². The lowest BCUT2D eigenvalue weighted by molar-refractivity contribution is 0.0405. The van der Waals surface area contributed by atoms with Gasteiger partial charge in [0.15, 0.2) is 0 Å². The Morgan fingerprint density at radius 2 is 2.05 bits per heavy atom. The minimum atomic E-state index is -0.922. The van der Waals surface area contributed by atoms with Crippen molar-refractivity contribution in [3.8, 4) is 0 Å². The maximum Gasteiger partial charge on any atom is 0.408 e. The monoisotopic (exact) mass is 273 g/mol. The van der Waals surface area contributed by atoms with E-state index in [0.717, 1.165) is 19.3 Å². The van der Waals surface area contributed by atoms with E-state index in [1.54, 1.807) is 26.8 Å². The molecule has 0 aromatic carbocycles. The van der Waals surface area contributed by atoms with Crippen LogP contribution in [0.5, 0.6) is 0 Å². The Bertz CT molecular complexity index is 284. The van der Waals surface area contributed by atoms with Crippen molar-refractivity contribution in [2.75, 3.05) is 6.61 Å². The third-order valence-electron chi connectivity index (χ3n) is 2.37. The van der Waals surface area contributed by atoms with E-state index in [9.17, 15) is 15.0 Å². The zero-order chi connectivity index (χ0) is 14.9. The van der Waals surface area contributed by atoms with E-state index >= 15 is 0 Å². The fourth-order valence-electron chi connectivity index (χ4n) is 1.39. The van der Waals surface area contributed by atoms with E-state index in [-0.39, 0.29) is 6.61 Å². The van der Waals surface area contributed by atoms with Gasteiger partial charge >= 0.3 is 6.09 Å². The van der Waals surface area contributed by atoms with Crippen LogP contribution in [0.4, 0.5) is 4.79 Å². The van der Waals surface area contributed by atoms with Gasteiger partial charge in [-0.25, -0.2) is 4.79 Å². The van der Waals surface area contributed by atoms with Crippen LogP contribution in [0.2, 0.25) is 0 Å². The molecule has 5 heteroatoms. The van der Waals surface area contributed by atoms with Crippen molar-refractivity contribution < 1.29 is 19.7 Å². The second-order valence-electron chi connectivity index (χ2n) is 5.50. The van der Waals surface area contributed by atoms with Gasteiger partial charge in [-0.3, -0.25) is 0 Å². The molecule has 0 aromatic heterocycles. The van der Waals surface area contributed by atoms with Gasteiger partial charge < -0.3 is 20.3 Å². The Morgan fingerprint density at radius 1 is 1.42 bits per heavy atom. The van der Waals surface area contributed by atoms with Gasteiger partial charge in [0.05, 0.1) is 18.8 Å². The standard InChI is InChI=1S/C14H27NO4/c1-5-6-7-8-9-12(17)11(10-16)15-13(18)19-14(2,3)4/h8-9,11-12,16-17H,5-7,10H2,1-4H3,(H,15,18)/t11-,12+/m0/s1. The number of carbonyl (C=O) groups is 1. The van der Waals surface area contributed by atoms with Crippen LogP contribution >= 0.6 is 0 Å². The second kappa shape index (κ2) is 8.93. The number of nitrogens with one attached hydrogen (secondary N) is 1. The van der Waals surface area contributed by atoms with Crippen molar-refractivity contribution in [1.29, 1.82) is 0 Å². The minimum absolute atomic E-state index is 0.349. The van der Waals surface area contributed by atoms with Crippen LogP contribution in [0.1, 0.15) is 47.0 Å². The number of unbranched alkanes of at least 4 members (excludes halogenated alkanes) is 2. The normalized spacial score (nSPS) is 15.3. The number of carbonyl (C=O) groups excluding carboxylic acids is 1. The molecule has 0 rings (SSSR count). The van der Waals surface area contributed by atoms with Crippen LogP contribution in [-0.2, 0) is 4.74 Å². The highest BCUT2D eigenvalue weighted by Crippen LogP contribution is 2.07. The molecule has 1 amide bonds. The Labute approximate surface area is 115 Å². The van der Waals surface area contributed by atoms with Crippen LogP contribution in [0.15, 0.2) is 12.2 Å². The van der Waals surface area contributed by atoms with Gasteiger partial charge in [-0.15, -0.1) is 0 Å². The summed E-state index contributed by atoms with van der Waals surface area (Å²) in [6, 6.07) is -0.757. The van der Waals surface area contributed by atoms with Crippen molar-refractivity contribution in [3.05, 3.63) is 12.2 Å². The number of amides is 1. The molecule has 0 saturated carbocycles. The highest BCUT2D eigenvalue weighted by molar-refractivity contribution is 5.68. The molecule has 0 aliphatic carbocycles. The Hall–Kier alpha value is -1.07. The Balaban J connectivity index is 4.25. The second-order valence-corrected chi connectivity index (χ2v) is 5.50. The average molecular weight is 273 g/mol. The van der Waals surface area contributed by atoms with Crippen molar-refractivity contribution in [2.24, 2.45) is 0 Å². The lowest BCUT2D eigenvalue weighted by atomic mass is 10.1. The Morgan fingerprint density at radius 3 is 2.53 bits per heavy atom. The first kappa shape index (κ1) is 17.9. The molecule has 0 aromatic rings. The molecule has 19 heavy (non-hydrogen) atoms. The zero-order valence-corrected chi connectivity index (χ0v) is 12.3. The first-order valence-electron chi connectivity index (χ1n) is 6.75. The third kappa shape index (κ3) is 9.50. The summed E-state index contributed by atoms with van der Waals surface area (Å²) in [5.41, 5.74) is -0.605. The van der Waals surface area contributed by atoms with Gasteiger partial charge in [0.2, 0.25) is 0 Å². The molecule has 2 atom stereocenters. The highest BCUT2D eigenvalue weighted by Gasteiger charge is 2.22. The molecule has 0 aliphatic rings. The maximum atomic E-state index is 11.5. The van der Waals surface area contributed by atoms with Gasteiger partial charge in [0, 0.05) is 0 Å². The number of allylic oxidation sites excluding steroid dienone is 1. The number of ether oxygens (including phenoxy) is 1. The van der Waals surface area contributed by atoms with Crippen LogP contribution in [0.25, 0.3) is 0 Å². The molecule has 5 nitrogen and oxygen atoms in total. The van der Waals surface area contributed by atoms with Gasteiger partial charge in [-0.1, -0.05) is 31.9 Å². The van der Waals surface area contributed by atoms with Gasteiger partial charge in [0.25, 0.3) is 0 Å². The molecule has 0 saturated heterocycles. The molecule has 3 N–H and O–H groups in total. The molecule has 0 unspecified atom stereocenters. The lowest BCUT2D eigenvalue weighted by Crippen LogP contribution is -2.47. The summed E-state index contributed by atoms with van der Waals surface area (Å²) in [7, 11) is 0. The van der Waals surface area contributed by atoms with Crippen molar-refractivity contribution in [1.82, 2.24) is 5.32 Å². The summed E-state index contributed by atoms with van der Waals surface area (Å²) in [4.78, 5) is 11.5. The van der Waals surface area contributed by atoms with Crippen LogP contribution in [0.3, 0.4) is 0 Å². The van der Waals surface area contributed by atoms with Crippen LogP contribution < -0.4 is 5.32 Å². The number of alkyl carbamates (subject to hydrolysis) is 1. The number of aliphatic hydroxyl groups excluding tert-OH is 2. The predicted molar refractivity (Wildman–Crippen MR) is 74.9 cm³/mol. The smallest absolute Gasteiger partial charge is 0.408 e. The molecular formula is C14H27NO4. The van der Waals surface area contributed by atoms with Crippen molar-refractivity contribution in [2.45, 2.75) is 64.7 Å². The van der Waals surface area contributed by atoms with E-state index in [1.807, 2.05) is 6.08 Å². The fraction of sp³-hybridized carbons (Fsp3) is 0.786. The number of rotatable bonds is 7. The largest absolute Gasteiger partial charge is 0.444 e. The molecule has 112 valence electrons. The SMILES string of the molecule is CCCCC=C[C@@H](O)[C@H](CO)NC(=O)OC(C)(C)C. The number of hydrogen-bond acceptors (Lipinski definition) is 4. The van der Waals surface area contributed by atoms with Gasteiger partial charge in [-0.05, 0) is 27.2 Å². The van der Waals surface area contributed by atoms with Crippen molar-refractivity contribution in [3.63, 3.8) is 0 Å². The van der Waals surface area contributed by atoms with Crippen LogP contribution in [-0.4, -0.2) is 40.7 Å². The van der Waals surface area contributed by atoms with Gasteiger partial charge in [0.1, 0.15) is 5.60 Å². The molecule has 0 heterocycles. The maximum absolute atomic E-state index is 11.5. The predicted octanol–water partition coefficient (Wildman–Crippen LogP) is 1.98. The quantitative estimate of drug-likeness (QED) is 0.489. The molecule has 0 fully saturated rings. The highest BCUT2D eigenvalue weighted by atomic mass is 16.6. The van der Waals surface area contributed by atoms with E-state index in [2.05, 4.69) is 12.2 Å². The number of hydrogen-bond donors (Lipinski definition) is 3. The van der Waals surface area contributed by atoms with E-state index < -0.39 is 23.8 Å². The summed E-state index contributed by atoms with van der Waals surface area (Å²) in [6.07, 6.45) is 4.88. The molecule has 0 bridgehead atoms. The van der Waals surface area contributed by atoms with E-state index in [1.165, 1.54) is 0 Å². The summed E-state index contributed by atoms with van der Waals surface area (Å²) in [6.45, 7) is 6.99. The third-order valence-corrected chi connectivity index (χ3v) is 2.37. The molecule has 0 spiro atoms. The molecular weight excluding hydrogens is 246 g/mol. The van der Waals surface area contributed by atoms with Gasteiger partial charge in [-0.2, -0.15) is 0 Å². The summed E-state index contributed by atoms with van der Waals surface area (Å²) >= 11 is 0. The average Bonchev–Trinajstić information content (AvgIpc) is 2.29. The minimum Gasteiger partial charge on any atom is -0.444 e. The fourth-order valence-corrected chi connectivity index (χ4v) is 1.39. The summed E-state index contributed by atoms with van der Waals surface area (Å²) in [5, 5.41) is 21.5. The first-order valence-corrected chi connectivity index (χ1v) is 6.75.